The van der Waals surface area contributed by atoms with Gasteiger partial charge in [-0.05, 0) is 38.1 Å². The molecule has 2 rings (SSSR count). The zero-order valence-corrected chi connectivity index (χ0v) is 10.8. The van der Waals surface area contributed by atoms with E-state index in [0.29, 0.717) is 6.54 Å². The Bertz CT molecular complexity index is 448. The Morgan fingerprint density at radius 1 is 1.56 bits per heavy atom. The van der Waals surface area contributed by atoms with E-state index in [1.54, 1.807) is 4.90 Å². The van der Waals surface area contributed by atoms with Crippen molar-refractivity contribution in [3.05, 3.63) is 18.2 Å². The fourth-order valence-electron chi connectivity index (χ4n) is 2.18. The van der Waals surface area contributed by atoms with Crippen molar-refractivity contribution in [1.82, 2.24) is 0 Å². The third-order valence-electron chi connectivity index (χ3n) is 3.15. The maximum absolute atomic E-state index is 12.0. The van der Waals surface area contributed by atoms with E-state index >= 15 is 0 Å². The van der Waals surface area contributed by atoms with Gasteiger partial charge in [0.25, 0.3) is 5.91 Å². The Balaban J connectivity index is 2.38. The van der Waals surface area contributed by atoms with Crippen LogP contribution >= 0.6 is 0 Å². The summed E-state index contributed by atoms with van der Waals surface area (Å²) in [7, 11) is 1.85. The highest BCUT2D eigenvalue weighted by molar-refractivity contribution is 5.98. The van der Waals surface area contributed by atoms with E-state index in [1.165, 1.54) is 0 Å². The lowest BCUT2D eigenvalue weighted by Gasteiger charge is -2.34. The van der Waals surface area contributed by atoms with Crippen molar-refractivity contribution in [2.75, 3.05) is 30.4 Å². The second-order valence-corrected chi connectivity index (χ2v) is 4.41. The first-order valence-electron chi connectivity index (χ1n) is 6.14. The molecule has 0 spiro atoms. The molecule has 0 bridgehead atoms. The van der Waals surface area contributed by atoms with Gasteiger partial charge >= 0.3 is 0 Å². The van der Waals surface area contributed by atoms with Crippen LogP contribution in [0.4, 0.5) is 11.4 Å². The lowest BCUT2D eigenvalue weighted by molar-refractivity contribution is -0.121. The molecule has 0 saturated carbocycles. The molecular formula is C13H19N3O2. The fourth-order valence-corrected chi connectivity index (χ4v) is 2.18. The number of benzene rings is 1. The molecule has 0 aromatic heterocycles. The Hall–Kier alpha value is -1.75. The fraction of sp³-hybridized carbons (Fsp3) is 0.462. The summed E-state index contributed by atoms with van der Waals surface area (Å²) in [6.07, 6.45) is 0.773. The predicted molar refractivity (Wildman–Crippen MR) is 72.1 cm³/mol. The van der Waals surface area contributed by atoms with Crippen LogP contribution in [0.5, 0.6) is 5.75 Å². The maximum Gasteiger partial charge on any atom is 0.265 e. The molecule has 1 amide bonds. The highest BCUT2D eigenvalue weighted by atomic mass is 16.5. The molecule has 1 unspecified atom stereocenters. The van der Waals surface area contributed by atoms with Crippen LogP contribution in [0.1, 0.15) is 13.3 Å². The van der Waals surface area contributed by atoms with Gasteiger partial charge in [0.05, 0.1) is 5.69 Å². The predicted octanol–water partition coefficient (Wildman–Crippen LogP) is 1.19. The number of carbonyl (C=O) groups is 1. The quantitative estimate of drug-likeness (QED) is 0.841. The normalized spacial score (nSPS) is 15.9. The lowest BCUT2D eigenvalue weighted by atomic mass is 10.1. The molecule has 1 aromatic rings. The average molecular weight is 249 g/mol. The van der Waals surface area contributed by atoms with Gasteiger partial charge in [0.15, 0.2) is 6.61 Å². The molecule has 0 fully saturated rings. The van der Waals surface area contributed by atoms with E-state index in [2.05, 4.69) is 5.32 Å². The molecule has 0 saturated heterocycles. The Morgan fingerprint density at radius 3 is 3.00 bits per heavy atom. The maximum atomic E-state index is 12.0. The summed E-state index contributed by atoms with van der Waals surface area (Å²) in [5, 5.41) is 3.07. The van der Waals surface area contributed by atoms with Crippen LogP contribution in [0, 0.1) is 0 Å². The van der Waals surface area contributed by atoms with Crippen LogP contribution in [0.15, 0.2) is 18.2 Å². The topological polar surface area (TPSA) is 67.6 Å². The first-order chi connectivity index (χ1) is 8.67. The number of amides is 1. The van der Waals surface area contributed by atoms with Gasteiger partial charge < -0.3 is 20.7 Å². The number of nitrogens with two attached hydrogens (primary N) is 1. The number of nitrogens with one attached hydrogen (secondary N) is 1. The lowest BCUT2D eigenvalue weighted by Crippen LogP contribution is -2.45. The Kier molecular flexibility index (Phi) is 3.72. The smallest absolute Gasteiger partial charge is 0.265 e. The van der Waals surface area contributed by atoms with Gasteiger partial charge in [-0.2, -0.15) is 0 Å². The summed E-state index contributed by atoms with van der Waals surface area (Å²) in [5.41, 5.74) is 7.35. The van der Waals surface area contributed by atoms with Gasteiger partial charge in [0.2, 0.25) is 0 Å². The van der Waals surface area contributed by atoms with Gasteiger partial charge in [-0.15, -0.1) is 0 Å². The number of fused-ring (bicyclic) bond motifs is 1. The van der Waals surface area contributed by atoms with Gasteiger partial charge in [-0.25, -0.2) is 0 Å². The molecule has 5 nitrogen and oxygen atoms in total. The number of ether oxygens (including phenoxy) is 1. The SMILES string of the molecule is CNc1ccc2c(c1)N(C(C)CCN)C(=O)CO2. The van der Waals surface area contributed by atoms with Crippen molar-refractivity contribution >= 4 is 17.3 Å². The van der Waals surface area contributed by atoms with E-state index in [-0.39, 0.29) is 18.6 Å². The van der Waals surface area contributed by atoms with Crippen molar-refractivity contribution in [2.24, 2.45) is 5.73 Å². The number of anilines is 2. The van der Waals surface area contributed by atoms with Crippen LogP contribution in [0.25, 0.3) is 0 Å². The first kappa shape index (κ1) is 12.7. The number of hydrogen-bond donors (Lipinski definition) is 2. The minimum atomic E-state index is -0.0169. The van der Waals surface area contributed by atoms with Crippen LogP contribution in [-0.2, 0) is 4.79 Å². The zero-order chi connectivity index (χ0) is 13.1. The first-order valence-corrected chi connectivity index (χ1v) is 6.14. The monoisotopic (exact) mass is 249 g/mol. The summed E-state index contributed by atoms with van der Waals surface area (Å²) in [5.74, 6) is 0.731. The van der Waals surface area contributed by atoms with E-state index in [9.17, 15) is 4.79 Å². The molecule has 98 valence electrons. The molecule has 0 radical (unpaired) electrons. The molecule has 0 aliphatic carbocycles. The largest absolute Gasteiger partial charge is 0.482 e. The van der Waals surface area contributed by atoms with E-state index in [1.807, 2.05) is 32.2 Å². The molecule has 1 heterocycles. The van der Waals surface area contributed by atoms with Gasteiger partial charge in [-0.1, -0.05) is 0 Å². The van der Waals surface area contributed by atoms with Gasteiger partial charge in [-0.3, -0.25) is 4.79 Å². The summed E-state index contributed by atoms with van der Waals surface area (Å²) >= 11 is 0. The Morgan fingerprint density at radius 2 is 2.33 bits per heavy atom. The van der Waals surface area contributed by atoms with Crippen LogP contribution in [0.3, 0.4) is 0 Å². The Labute approximate surface area is 107 Å². The number of nitrogens with zero attached hydrogens (tertiary/aromatic N) is 1. The third kappa shape index (κ3) is 2.26. The van der Waals surface area contributed by atoms with Crippen LogP contribution in [0.2, 0.25) is 0 Å². The molecular weight excluding hydrogens is 230 g/mol. The number of rotatable bonds is 4. The molecule has 3 N–H and O–H groups in total. The van der Waals surface area contributed by atoms with Gasteiger partial charge in [0.1, 0.15) is 5.75 Å². The highest BCUT2D eigenvalue weighted by Gasteiger charge is 2.29. The standard InChI is InChI=1S/C13H19N3O2/c1-9(5-6-14)16-11-7-10(15-2)3-4-12(11)18-8-13(16)17/h3-4,7,9,15H,5-6,8,14H2,1-2H3. The minimum Gasteiger partial charge on any atom is -0.482 e. The van der Waals surface area contributed by atoms with Gasteiger partial charge in [0, 0.05) is 18.8 Å². The molecule has 1 aromatic carbocycles. The molecule has 18 heavy (non-hydrogen) atoms. The van der Waals surface area contributed by atoms with Crippen molar-refractivity contribution in [3.63, 3.8) is 0 Å². The number of carbonyl (C=O) groups excluding carboxylic acids is 1. The number of hydrogen-bond acceptors (Lipinski definition) is 4. The van der Waals surface area contributed by atoms with E-state index < -0.39 is 0 Å². The van der Waals surface area contributed by atoms with E-state index in [0.717, 1.165) is 23.5 Å². The second kappa shape index (κ2) is 5.27. The molecule has 1 aliphatic heterocycles. The third-order valence-corrected chi connectivity index (χ3v) is 3.15. The summed E-state index contributed by atoms with van der Waals surface area (Å²) in [6.45, 7) is 2.67. The van der Waals surface area contributed by atoms with Crippen LogP contribution < -0.4 is 20.7 Å². The van der Waals surface area contributed by atoms with Crippen molar-refractivity contribution in [2.45, 2.75) is 19.4 Å². The summed E-state index contributed by atoms with van der Waals surface area (Å²) < 4.78 is 5.44. The van der Waals surface area contributed by atoms with Crippen LogP contribution in [-0.4, -0.2) is 32.1 Å². The molecule has 1 atom stereocenters. The summed E-state index contributed by atoms with van der Waals surface area (Å²) in [6, 6.07) is 5.83. The minimum absolute atomic E-state index is 0.0169. The second-order valence-electron chi connectivity index (χ2n) is 4.41. The summed E-state index contributed by atoms with van der Waals surface area (Å²) in [4.78, 5) is 13.8. The van der Waals surface area contributed by atoms with E-state index in [4.69, 9.17) is 10.5 Å². The van der Waals surface area contributed by atoms with Crippen molar-refractivity contribution in [3.8, 4) is 5.75 Å². The molecule has 1 aliphatic rings. The van der Waals surface area contributed by atoms with Crippen molar-refractivity contribution in [1.29, 1.82) is 0 Å². The molecule has 5 heteroatoms. The average Bonchev–Trinajstić information content (AvgIpc) is 2.38. The zero-order valence-electron chi connectivity index (χ0n) is 10.8. The van der Waals surface area contributed by atoms with Crippen molar-refractivity contribution < 1.29 is 9.53 Å². The highest BCUT2D eigenvalue weighted by Crippen LogP contribution is 2.35.